The molecule has 2 N–H and O–H groups in total. The SMILES string of the molecule is CN(Cc1ccc(F)cc1)CC(C(N)=S)C(F)(F)F. The molecule has 0 saturated carbocycles. The van der Waals surface area contributed by atoms with Gasteiger partial charge >= 0.3 is 6.18 Å². The van der Waals surface area contributed by atoms with Crippen molar-refractivity contribution in [1.29, 1.82) is 0 Å². The minimum atomic E-state index is -4.46. The normalized spacial score (nSPS) is 13.6. The summed E-state index contributed by atoms with van der Waals surface area (Å²) in [6, 6.07) is 5.57. The maximum absolute atomic E-state index is 12.7. The maximum Gasteiger partial charge on any atom is 0.399 e. The molecule has 0 saturated heterocycles. The Morgan fingerprint density at radius 1 is 1.32 bits per heavy atom. The second-order valence-corrected chi connectivity index (χ2v) is 4.79. The molecule has 0 fully saturated rings. The molecule has 0 heterocycles. The van der Waals surface area contributed by atoms with Gasteiger partial charge in [0.1, 0.15) is 11.7 Å². The van der Waals surface area contributed by atoms with Gasteiger partial charge in [-0.1, -0.05) is 24.4 Å². The third kappa shape index (κ3) is 5.12. The lowest BCUT2D eigenvalue weighted by atomic mass is 10.1. The average molecular weight is 294 g/mol. The molecule has 0 amide bonds. The molecule has 0 aliphatic heterocycles. The van der Waals surface area contributed by atoms with Crippen molar-refractivity contribution in [3.8, 4) is 0 Å². The van der Waals surface area contributed by atoms with Crippen LogP contribution in [0.25, 0.3) is 0 Å². The fourth-order valence-electron chi connectivity index (χ4n) is 1.63. The van der Waals surface area contributed by atoms with Gasteiger partial charge in [0.15, 0.2) is 0 Å². The zero-order valence-corrected chi connectivity index (χ0v) is 11.1. The van der Waals surface area contributed by atoms with Crippen LogP contribution in [0.4, 0.5) is 17.6 Å². The number of nitrogens with zero attached hydrogens (tertiary/aromatic N) is 1. The largest absolute Gasteiger partial charge is 0.399 e. The lowest BCUT2D eigenvalue weighted by molar-refractivity contribution is -0.158. The molecule has 1 rings (SSSR count). The van der Waals surface area contributed by atoms with Crippen molar-refractivity contribution in [2.24, 2.45) is 11.7 Å². The van der Waals surface area contributed by atoms with Crippen LogP contribution in [0.5, 0.6) is 0 Å². The lowest BCUT2D eigenvalue weighted by Gasteiger charge is -2.25. The molecule has 0 aliphatic carbocycles. The summed E-state index contributed by atoms with van der Waals surface area (Å²) in [6.07, 6.45) is -4.46. The van der Waals surface area contributed by atoms with Crippen molar-refractivity contribution in [1.82, 2.24) is 4.90 Å². The number of hydrogen-bond acceptors (Lipinski definition) is 2. The Morgan fingerprint density at radius 2 is 1.84 bits per heavy atom. The molecule has 0 radical (unpaired) electrons. The molecule has 2 nitrogen and oxygen atoms in total. The van der Waals surface area contributed by atoms with Crippen molar-refractivity contribution in [3.63, 3.8) is 0 Å². The van der Waals surface area contributed by atoms with Gasteiger partial charge in [-0.3, -0.25) is 0 Å². The van der Waals surface area contributed by atoms with Gasteiger partial charge in [0.05, 0.1) is 4.99 Å². The van der Waals surface area contributed by atoms with E-state index in [4.69, 9.17) is 5.73 Å². The summed E-state index contributed by atoms with van der Waals surface area (Å²) in [5.41, 5.74) is 5.84. The monoisotopic (exact) mass is 294 g/mol. The predicted molar refractivity (Wildman–Crippen MR) is 69.1 cm³/mol. The van der Waals surface area contributed by atoms with E-state index in [1.165, 1.54) is 36.2 Å². The van der Waals surface area contributed by atoms with Crippen molar-refractivity contribution in [2.45, 2.75) is 12.7 Å². The minimum Gasteiger partial charge on any atom is -0.393 e. The van der Waals surface area contributed by atoms with E-state index in [1.807, 2.05) is 0 Å². The molecule has 0 spiro atoms. The van der Waals surface area contributed by atoms with E-state index in [2.05, 4.69) is 12.2 Å². The number of halogens is 4. The Kier molecular flexibility index (Phi) is 5.25. The third-order valence-corrected chi connectivity index (χ3v) is 2.88. The fraction of sp³-hybridized carbons (Fsp3) is 0.417. The maximum atomic E-state index is 12.7. The van der Waals surface area contributed by atoms with Crippen LogP contribution >= 0.6 is 12.2 Å². The van der Waals surface area contributed by atoms with Crippen LogP contribution in [0.2, 0.25) is 0 Å². The molecule has 106 valence electrons. The Morgan fingerprint density at radius 3 is 2.26 bits per heavy atom. The van der Waals surface area contributed by atoms with Crippen LogP contribution < -0.4 is 5.73 Å². The molecule has 1 unspecified atom stereocenters. The summed E-state index contributed by atoms with van der Waals surface area (Å²) in [5, 5.41) is 0. The number of thiocarbonyl (C=S) groups is 1. The minimum absolute atomic E-state index is 0.259. The fourth-order valence-corrected chi connectivity index (χ4v) is 1.84. The smallest absolute Gasteiger partial charge is 0.393 e. The van der Waals surface area contributed by atoms with Gasteiger partial charge < -0.3 is 10.6 Å². The van der Waals surface area contributed by atoms with E-state index < -0.39 is 17.1 Å². The highest BCUT2D eigenvalue weighted by Gasteiger charge is 2.42. The second-order valence-electron chi connectivity index (χ2n) is 4.32. The first-order chi connectivity index (χ1) is 8.70. The Hall–Kier alpha value is -1.21. The number of hydrogen-bond donors (Lipinski definition) is 1. The van der Waals surface area contributed by atoms with Crippen LogP contribution in [0.15, 0.2) is 24.3 Å². The zero-order valence-electron chi connectivity index (χ0n) is 10.2. The molecule has 0 aromatic heterocycles. The number of alkyl halides is 3. The van der Waals surface area contributed by atoms with Crippen LogP contribution in [0.1, 0.15) is 5.56 Å². The van der Waals surface area contributed by atoms with E-state index in [0.717, 1.165) is 0 Å². The summed E-state index contributed by atoms with van der Waals surface area (Å²) < 4.78 is 50.7. The van der Waals surface area contributed by atoms with Crippen molar-refractivity contribution in [2.75, 3.05) is 13.6 Å². The quantitative estimate of drug-likeness (QED) is 0.669. The van der Waals surface area contributed by atoms with Gasteiger partial charge in [-0.05, 0) is 24.7 Å². The molecule has 1 aromatic rings. The Bertz CT molecular complexity index is 430. The molecule has 7 heteroatoms. The van der Waals surface area contributed by atoms with Crippen LogP contribution in [0, 0.1) is 11.7 Å². The summed E-state index contributed by atoms with van der Waals surface area (Å²) in [6.45, 7) is -0.0638. The summed E-state index contributed by atoms with van der Waals surface area (Å²) in [5.74, 6) is -2.23. The van der Waals surface area contributed by atoms with E-state index >= 15 is 0 Å². The molecule has 1 aromatic carbocycles. The molecule has 0 aliphatic rings. The first-order valence-electron chi connectivity index (χ1n) is 5.49. The second kappa shape index (κ2) is 6.29. The van der Waals surface area contributed by atoms with Crippen LogP contribution in [-0.2, 0) is 6.54 Å². The first-order valence-corrected chi connectivity index (χ1v) is 5.90. The summed E-state index contributed by atoms with van der Waals surface area (Å²) in [7, 11) is 1.53. The van der Waals surface area contributed by atoms with E-state index in [1.54, 1.807) is 0 Å². The first kappa shape index (κ1) is 15.8. The summed E-state index contributed by atoms with van der Waals surface area (Å²) in [4.78, 5) is 0.878. The van der Waals surface area contributed by atoms with Gasteiger partial charge in [0, 0.05) is 13.1 Å². The van der Waals surface area contributed by atoms with Crippen molar-refractivity contribution < 1.29 is 17.6 Å². The molecule has 19 heavy (non-hydrogen) atoms. The van der Waals surface area contributed by atoms with Crippen molar-refractivity contribution >= 4 is 17.2 Å². The van der Waals surface area contributed by atoms with Crippen LogP contribution in [-0.4, -0.2) is 29.7 Å². The highest BCUT2D eigenvalue weighted by Crippen LogP contribution is 2.27. The number of benzene rings is 1. The average Bonchev–Trinajstić information content (AvgIpc) is 2.27. The van der Waals surface area contributed by atoms with Gasteiger partial charge in [0.2, 0.25) is 0 Å². The number of nitrogens with two attached hydrogens (primary N) is 1. The van der Waals surface area contributed by atoms with Gasteiger partial charge in [0.25, 0.3) is 0 Å². The molecule has 1 atom stereocenters. The van der Waals surface area contributed by atoms with Gasteiger partial charge in [-0.2, -0.15) is 13.2 Å². The van der Waals surface area contributed by atoms with Gasteiger partial charge in [-0.25, -0.2) is 4.39 Å². The molecular weight excluding hydrogens is 280 g/mol. The molecular formula is C12H14F4N2S. The lowest BCUT2D eigenvalue weighted by Crippen LogP contribution is -2.42. The van der Waals surface area contributed by atoms with E-state index in [-0.39, 0.29) is 18.9 Å². The highest BCUT2D eigenvalue weighted by molar-refractivity contribution is 7.80. The topological polar surface area (TPSA) is 29.3 Å². The Balaban J connectivity index is 2.65. The van der Waals surface area contributed by atoms with E-state index in [9.17, 15) is 17.6 Å². The predicted octanol–water partition coefficient (Wildman–Crippen LogP) is 2.72. The zero-order chi connectivity index (χ0) is 14.6. The Labute approximate surface area is 114 Å². The standard InChI is InChI=1S/C12H14F4N2S/c1-18(6-8-2-4-9(13)5-3-8)7-10(11(17)19)12(14,15)16/h2-5,10H,6-7H2,1H3,(H2,17,19). The highest BCUT2D eigenvalue weighted by atomic mass is 32.1. The third-order valence-electron chi connectivity index (χ3n) is 2.60. The summed E-state index contributed by atoms with van der Waals surface area (Å²) >= 11 is 4.45. The van der Waals surface area contributed by atoms with Crippen LogP contribution in [0.3, 0.4) is 0 Å². The van der Waals surface area contributed by atoms with E-state index in [0.29, 0.717) is 5.56 Å². The molecule has 0 bridgehead atoms. The van der Waals surface area contributed by atoms with Crippen molar-refractivity contribution in [3.05, 3.63) is 35.6 Å². The number of rotatable bonds is 5. The van der Waals surface area contributed by atoms with Gasteiger partial charge in [-0.15, -0.1) is 0 Å².